The van der Waals surface area contributed by atoms with Crippen LogP contribution in [-0.2, 0) is 0 Å². The Balaban J connectivity index is 2.01. The summed E-state index contributed by atoms with van der Waals surface area (Å²) in [4.78, 5) is 8.25. The first kappa shape index (κ1) is 12.1. The summed E-state index contributed by atoms with van der Waals surface area (Å²) in [6.07, 6.45) is 2.22. The molecule has 19 heavy (non-hydrogen) atoms. The third kappa shape index (κ3) is 2.32. The Hall–Kier alpha value is -1.91. The lowest BCUT2D eigenvalue weighted by atomic mass is 10.2. The van der Waals surface area contributed by atoms with Gasteiger partial charge in [0.2, 0.25) is 0 Å². The average molecular weight is 275 g/mol. The minimum Gasteiger partial charge on any atom is -0.458 e. The van der Waals surface area contributed by atoms with Crippen LogP contribution in [0.1, 0.15) is 23.3 Å². The lowest BCUT2D eigenvalue weighted by Crippen LogP contribution is -2.02. The van der Waals surface area contributed by atoms with Crippen LogP contribution in [0.5, 0.6) is 0 Å². The molecule has 0 saturated heterocycles. The summed E-state index contributed by atoms with van der Waals surface area (Å²) in [5, 5.41) is 11.7. The summed E-state index contributed by atoms with van der Waals surface area (Å²) in [6, 6.07) is 7.06. The zero-order chi connectivity index (χ0) is 13.4. The third-order valence-electron chi connectivity index (χ3n) is 2.85. The average Bonchev–Trinajstić information content (AvgIpc) is 2.81. The summed E-state index contributed by atoms with van der Waals surface area (Å²) in [5.74, 6) is 0.426. The van der Waals surface area contributed by atoms with E-state index in [1.54, 1.807) is 36.7 Å². The van der Waals surface area contributed by atoms with Gasteiger partial charge in [0, 0.05) is 16.6 Å². The highest BCUT2D eigenvalue weighted by atomic mass is 35.5. The quantitative estimate of drug-likeness (QED) is 0.779. The van der Waals surface area contributed by atoms with E-state index in [1.165, 1.54) is 0 Å². The molecule has 4 nitrogen and oxygen atoms in total. The molecule has 0 radical (unpaired) electrons. The molecule has 96 valence electrons. The van der Waals surface area contributed by atoms with Gasteiger partial charge in [-0.3, -0.25) is 9.97 Å². The maximum absolute atomic E-state index is 10.2. The molecule has 0 aliphatic heterocycles. The zero-order valence-corrected chi connectivity index (χ0v) is 10.9. The number of hydrogen-bond donors (Lipinski definition) is 1. The Bertz CT molecular complexity index is 722. The Labute approximate surface area is 114 Å². The van der Waals surface area contributed by atoms with E-state index in [1.807, 2.05) is 6.92 Å². The smallest absolute Gasteiger partial charge is 0.155 e. The van der Waals surface area contributed by atoms with E-state index in [9.17, 15) is 5.11 Å². The van der Waals surface area contributed by atoms with Crippen molar-refractivity contribution in [3.63, 3.8) is 0 Å². The molecular weight excluding hydrogens is 264 g/mol. The minimum absolute atomic E-state index is 0.426. The first-order chi connectivity index (χ1) is 9.13. The van der Waals surface area contributed by atoms with Gasteiger partial charge in [-0.15, -0.1) is 0 Å². The van der Waals surface area contributed by atoms with Crippen LogP contribution >= 0.6 is 11.6 Å². The van der Waals surface area contributed by atoms with Crippen molar-refractivity contribution in [2.24, 2.45) is 0 Å². The fourth-order valence-corrected chi connectivity index (χ4v) is 2.04. The molecule has 2 heterocycles. The number of hydrogen-bond acceptors (Lipinski definition) is 4. The van der Waals surface area contributed by atoms with E-state index < -0.39 is 6.10 Å². The summed E-state index contributed by atoms with van der Waals surface area (Å²) in [5.41, 5.74) is 1.93. The molecule has 0 amide bonds. The third-order valence-corrected chi connectivity index (χ3v) is 3.08. The van der Waals surface area contributed by atoms with Gasteiger partial charge in [0.15, 0.2) is 6.10 Å². The van der Waals surface area contributed by atoms with E-state index in [2.05, 4.69) is 9.97 Å². The molecule has 1 unspecified atom stereocenters. The highest BCUT2D eigenvalue weighted by molar-refractivity contribution is 6.31. The molecule has 2 aromatic heterocycles. The van der Waals surface area contributed by atoms with Crippen LogP contribution in [0.25, 0.3) is 11.0 Å². The SMILES string of the molecule is Cc1cnc(C(O)c2cc3cc(Cl)ccc3o2)cn1. The molecule has 0 bridgehead atoms. The van der Waals surface area contributed by atoms with Gasteiger partial charge in [-0.1, -0.05) is 11.6 Å². The zero-order valence-electron chi connectivity index (χ0n) is 10.2. The monoisotopic (exact) mass is 274 g/mol. The molecule has 0 saturated carbocycles. The number of halogens is 1. The second-order valence-electron chi connectivity index (χ2n) is 4.32. The van der Waals surface area contributed by atoms with Crippen molar-refractivity contribution in [2.45, 2.75) is 13.0 Å². The van der Waals surface area contributed by atoms with Crippen LogP contribution in [-0.4, -0.2) is 15.1 Å². The lowest BCUT2D eigenvalue weighted by molar-refractivity contribution is 0.187. The van der Waals surface area contributed by atoms with E-state index in [0.29, 0.717) is 22.1 Å². The summed E-state index contributed by atoms with van der Waals surface area (Å²) in [7, 11) is 0. The second kappa shape index (κ2) is 4.64. The normalized spacial score (nSPS) is 12.8. The number of benzene rings is 1. The predicted molar refractivity (Wildman–Crippen MR) is 72.1 cm³/mol. The van der Waals surface area contributed by atoms with Crippen LogP contribution < -0.4 is 0 Å². The van der Waals surface area contributed by atoms with Gasteiger partial charge in [0.05, 0.1) is 17.6 Å². The topological polar surface area (TPSA) is 59.2 Å². The van der Waals surface area contributed by atoms with Crippen LogP contribution in [0.2, 0.25) is 5.02 Å². The number of nitrogens with zero attached hydrogens (tertiary/aromatic N) is 2. The number of aliphatic hydroxyl groups is 1. The van der Waals surface area contributed by atoms with Crippen molar-refractivity contribution in [1.29, 1.82) is 0 Å². The predicted octanol–water partition coefficient (Wildman–Crippen LogP) is 3.27. The Morgan fingerprint density at radius 1 is 1.21 bits per heavy atom. The van der Waals surface area contributed by atoms with Gasteiger partial charge in [-0.2, -0.15) is 0 Å². The Morgan fingerprint density at radius 2 is 2.05 bits per heavy atom. The van der Waals surface area contributed by atoms with Crippen molar-refractivity contribution in [1.82, 2.24) is 9.97 Å². The molecule has 3 rings (SSSR count). The molecule has 5 heteroatoms. The molecule has 0 spiro atoms. The van der Waals surface area contributed by atoms with Gasteiger partial charge < -0.3 is 9.52 Å². The summed E-state index contributed by atoms with van der Waals surface area (Å²) < 4.78 is 5.59. The van der Waals surface area contributed by atoms with Crippen LogP contribution in [0.15, 0.2) is 41.1 Å². The van der Waals surface area contributed by atoms with E-state index in [4.69, 9.17) is 16.0 Å². The van der Waals surface area contributed by atoms with Crippen molar-refractivity contribution in [2.75, 3.05) is 0 Å². The summed E-state index contributed by atoms with van der Waals surface area (Å²) in [6.45, 7) is 1.84. The number of aryl methyl sites for hydroxylation is 1. The van der Waals surface area contributed by atoms with Gasteiger partial charge in [0.1, 0.15) is 11.3 Å². The lowest BCUT2D eigenvalue weighted by Gasteiger charge is -2.06. The Morgan fingerprint density at radius 3 is 2.79 bits per heavy atom. The van der Waals surface area contributed by atoms with Gasteiger partial charge in [-0.25, -0.2) is 0 Å². The maximum Gasteiger partial charge on any atom is 0.155 e. The van der Waals surface area contributed by atoms with Crippen LogP contribution in [0.4, 0.5) is 0 Å². The number of rotatable bonds is 2. The molecule has 1 aromatic carbocycles. The van der Waals surface area contributed by atoms with Crippen LogP contribution in [0, 0.1) is 6.92 Å². The van der Waals surface area contributed by atoms with Gasteiger partial charge >= 0.3 is 0 Å². The number of aromatic nitrogens is 2. The molecule has 1 atom stereocenters. The molecular formula is C14H11ClN2O2. The molecule has 0 fully saturated rings. The van der Waals surface area contributed by atoms with Crippen LogP contribution in [0.3, 0.4) is 0 Å². The molecule has 0 aliphatic carbocycles. The van der Waals surface area contributed by atoms with Gasteiger partial charge in [-0.05, 0) is 31.2 Å². The van der Waals surface area contributed by atoms with Crippen molar-refractivity contribution in [3.8, 4) is 0 Å². The first-order valence-electron chi connectivity index (χ1n) is 5.79. The highest BCUT2D eigenvalue weighted by Crippen LogP contribution is 2.28. The Kier molecular flexibility index (Phi) is 2.97. The first-order valence-corrected chi connectivity index (χ1v) is 6.17. The second-order valence-corrected chi connectivity index (χ2v) is 4.75. The molecule has 3 aromatic rings. The van der Waals surface area contributed by atoms with E-state index in [0.717, 1.165) is 11.1 Å². The van der Waals surface area contributed by atoms with Crippen molar-refractivity contribution < 1.29 is 9.52 Å². The fourth-order valence-electron chi connectivity index (χ4n) is 1.86. The minimum atomic E-state index is -0.931. The summed E-state index contributed by atoms with van der Waals surface area (Å²) >= 11 is 5.92. The number of aliphatic hydroxyl groups excluding tert-OH is 1. The maximum atomic E-state index is 10.2. The standard InChI is InChI=1S/C14H11ClN2O2/c1-8-6-17-11(7-16-8)14(18)13-5-9-4-10(15)2-3-12(9)19-13/h2-7,14,18H,1H3. The van der Waals surface area contributed by atoms with Crippen molar-refractivity contribution >= 4 is 22.6 Å². The number of fused-ring (bicyclic) bond motifs is 1. The molecule has 1 N–H and O–H groups in total. The fraction of sp³-hybridized carbons (Fsp3) is 0.143. The largest absolute Gasteiger partial charge is 0.458 e. The highest BCUT2D eigenvalue weighted by Gasteiger charge is 2.17. The van der Waals surface area contributed by atoms with E-state index >= 15 is 0 Å². The number of furan rings is 1. The molecule has 0 aliphatic rings. The van der Waals surface area contributed by atoms with E-state index in [-0.39, 0.29) is 0 Å². The van der Waals surface area contributed by atoms with Crippen molar-refractivity contribution in [3.05, 3.63) is 58.8 Å². The van der Waals surface area contributed by atoms with Gasteiger partial charge in [0.25, 0.3) is 0 Å².